The molecule has 0 aliphatic carbocycles. The number of nitrogens with two attached hydrogens (primary N) is 1. The van der Waals surface area contributed by atoms with Crippen molar-refractivity contribution in [2.75, 3.05) is 12.3 Å². The molecule has 2 rings (SSSR count). The molecule has 4 nitrogen and oxygen atoms in total. The second-order valence-corrected chi connectivity index (χ2v) is 6.74. The highest BCUT2D eigenvalue weighted by Gasteiger charge is 2.18. The van der Waals surface area contributed by atoms with E-state index in [1.807, 2.05) is 60.7 Å². The third-order valence-electron chi connectivity index (χ3n) is 3.26. The molecule has 0 heterocycles. The molecule has 3 N–H and O–H groups in total. The fourth-order valence-corrected chi connectivity index (χ4v) is 3.40. The zero-order valence-corrected chi connectivity index (χ0v) is 12.6. The summed E-state index contributed by atoms with van der Waals surface area (Å²) in [4.78, 5) is 0. The molecule has 0 fully saturated rings. The first-order valence-electron chi connectivity index (χ1n) is 6.89. The quantitative estimate of drug-likeness (QED) is 0.820. The maximum atomic E-state index is 12.2. The Hall–Kier alpha value is -1.69. The van der Waals surface area contributed by atoms with Crippen molar-refractivity contribution in [3.8, 4) is 0 Å². The van der Waals surface area contributed by atoms with Crippen LogP contribution in [0.3, 0.4) is 0 Å². The average molecular weight is 304 g/mol. The molecule has 0 radical (unpaired) electrons. The minimum atomic E-state index is -3.37. The fourth-order valence-electron chi connectivity index (χ4n) is 2.11. The second-order valence-electron chi connectivity index (χ2n) is 4.87. The van der Waals surface area contributed by atoms with E-state index in [0.717, 1.165) is 11.1 Å². The number of nitrogens with one attached hydrogen (secondary N) is 1. The van der Waals surface area contributed by atoms with Crippen LogP contribution in [0.2, 0.25) is 0 Å². The van der Waals surface area contributed by atoms with E-state index in [-0.39, 0.29) is 18.3 Å². The van der Waals surface area contributed by atoms with Crippen LogP contribution in [0.1, 0.15) is 17.2 Å². The van der Waals surface area contributed by atoms with Crippen molar-refractivity contribution in [3.05, 3.63) is 71.8 Å². The molecule has 0 unspecified atom stereocenters. The molecule has 2 aromatic carbocycles. The normalized spacial score (nSPS) is 13.0. The minimum Gasteiger partial charge on any atom is -0.329 e. The Morgan fingerprint density at radius 1 is 0.952 bits per heavy atom. The van der Waals surface area contributed by atoms with E-state index in [1.165, 1.54) is 0 Å². The van der Waals surface area contributed by atoms with Crippen LogP contribution in [0.5, 0.6) is 0 Å². The van der Waals surface area contributed by atoms with Gasteiger partial charge in [0.15, 0.2) is 0 Å². The summed E-state index contributed by atoms with van der Waals surface area (Å²) in [5.41, 5.74) is 7.58. The van der Waals surface area contributed by atoms with Crippen molar-refractivity contribution in [1.29, 1.82) is 0 Å². The van der Waals surface area contributed by atoms with Crippen LogP contribution >= 0.6 is 0 Å². The zero-order valence-electron chi connectivity index (χ0n) is 11.8. The molecule has 1 atom stereocenters. The summed E-state index contributed by atoms with van der Waals surface area (Å²) in [6, 6.07) is 18.6. The Balaban J connectivity index is 1.99. The topological polar surface area (TPSA) is 72.2 Å². The molecule has 0 amide bonds. The Bertz CT molecular complexity index is 642. The first kappa shape index (κ1) is 15.7. The van der Waals surface area contributed by atoms with E-state index in [4.69, 9.17) is 5.73 Å². The van der Waals surface area contributed by atoms with E-state index < -0.39 is 10.0 Å². The van der Waals surface area contributed by atoms with Crippen molar-refractivity contribution in [3.63, 3.8) is 0 Å². The fraction of sp³-hybridized carbons (Fsp3) is 0.250. The lowest BCUT2D eigenvalue weighted by molar-refractivity contribution is 0.557. The predicted octanol–water partition coefficient (Wildman–Crippen LogP) is 1.85. The molecule has 0 aliphatic rings. The Kier molecular flexibility index (Phi) is 5.50. The van der Waals surface area contributed by atoms with Crippen LogP contribution in [-0.4, -0.2) is 20.7 Å². The van der Waals surface area contributed by atoms with E-state index >= 15 is 0 Å². The zero-order chi connectivity index (χ0) is 15.1. The molecule has 112 valence electrons. The monoisotopic (exact) mass is 304 g/mol. The van der Waals surface area contributed by atoms with Gasteiger partial charge in [-0.05, 0) is 17.5 Å². The maximum Gasteiger partial charge on any atom is 0.212 e. The summed E-state index contributed by atoms with van der Waals surface area (Å²) in [6.45, 7) is 0.231. The molecule has 21 heavy (non-hydrogen) atoms. The van der Waals surface area contributed by atoms with Gasteiger partial charge in [-0.15, -0.1) is 0 Å². The van der Waals surface area contributed by atoms with E-state index in [2.05, 4.69) is 4.72 Å². The summed E-state index contributed by atoms with van der Waals surface area (Å²) in [7, 11) is -3.37. The third-order valence-corrected chi connectivity index (χ3v) is 4.65. The molecule has 0 saturated heterocycles. The average Bonchev–Trinajstić information content (AvgIpc) is 2.53. The molecule has 2 aromatic rings. The van der Waals surface area contributed by atoms with E-state index in [0.29, 0.717) is 6.42 Å². The van der Waals surface area contributed by atoms with Crippen LogP contribution in [0.4, 0.5) is 0 Å². The smallest absolute Gasteiger partial charge is 0.212 e. The first-order chi connectivity index (χ1) is 10.1. The number of benzene rings is 2. The van der Waals surface area contributed by atoms with E-state index in [9.17, 15) is 8.42 Å². The highest BCUT2D eigenvalue weighted by molar-refractivity contribution is 7.89. The standard InChI is InChI=1S/C16H20N2O2S/c17-13-16(15-9-5-2-6-10-15)18-21(19,20)12-11-14-7-3-1-4-8-14/h1-10,16,18H,11-13,17H2/t16-/m0/s1. The van der Waals surface area contributed by atoms with Crippen LogP contribution in [0, 0.1) is 0 Å². The largest absolute Gasteiger partial charge is 0.329 e. The van der Waals surface area contributed by atoms with Gasteiger partial charge < -0.3 is 5.73 Å². The van der Waals surface area contributed by atoms with E-state index in [1.54, 1.807) is 0 Å². The Morgan fingerprint density at radius 3 is 2.10 bits per heavy atom. The summed E-state index contributed by atoms with van der Waals surface area (Å²) in [5, 5.41) is 0. The lowest BCUT2D eigenvalue weighted by Gasteiger charge is -2.17. The summed E-state index contributed by atoms with van der Waals surface area (Å²) in [6.07, 6.45) is 0.488. The van der Waals surface area contributed by atoms with Crippen molar-refractivity contribution >= 4 is 10.0 Å². The van der Waals surface area contributed by atoms with Crippen molar-refractivity contribution < 1.29 is 8.42 Å². The van der Waals surface area contributed by atoms with Crippen molar-refractivity contribution in [2.45, 2.75) is 12.5 Å². The van der Waals surface area contributed by atoms with Crippen molar-refractivity contribution in [2.24, 2.45) is 5.73 Å². The molecule has 0 bridgehead atoms. The molecular formula is C16H20N2O2S. The van der Waals surface area contributed by atoms with Crippen LogP contribution in [0.15, 0.2) is 60.7 Å². The van der Waals surface area contributed by atoms with Gasteiger partial charge in [0.2, 0.25) is 10.0 Å². The SMILES string of the molecule is NC[C@H](NS(=O)(=O)CCc1ccccc1)c1ccccc1. The number of hydrogen-bond acceptors (Lipinski definition) is 3. The predicted molar refractivity (Wildman–Crippen MR) is 85.3 cm³/mol. The Morgan fingerprint density at radius 2 is 1.52 bits per heavy atom. The van der Waals surface area contributed by atoms with Gasteiger partial charge in [-0.3, -0.25) is 0 Å². The van der Waals surface area contributed by atoms with Gasteiger partial charge in [-0.1, -0.05) is 60.7 Å². The molecule has 0 spiro atoms. The highest BCUT2D eigenvalue weighted by Crippen LogP contribution is 2.12. The van der Waals surface area contributed by atoms with Crippen LogP contribution < -0.4 is 10.5 Å². The number of rotatable bonds is 7. The van der Waals surface area contributed by atoms with Gasteiger partial charge >= 0.3 is 0 Å². The van der Waals surface area contributed by atoms with Gasteiger partial charge in [0.1, 0.15) is 0 Å². The molecule has 5 heteroatoms. The van der Waals surface area contributed by atoms with Crippen molar-refractivity contribution in [1.82, 2.24) is 4.72 Å². The summed E-state index contributed by atoms with van der Waals surface area (Å²) in [5.74, 6) is 0.0559. The van der Waals surface area contributed by atoms with Gasteiger partial charge in [-0.2, -0.15) is 0 Å². The van der Waals surface area contributed by atoms with Gasteiger partial charge in [0.25, 0.3) is 0 Å². The first-order valence-corrected chi connectivity index (χ1v) is 8.55. The summed E-state index contributed by atoms with van der Waals surface area (Å²) >= 11 is 0. The number of sulfonamides is 1. The molecule has 0 aliphatic heterocycles. The third kappa shape index (κ3) is 4.97. The number of hydrogen-bond donors (Lipinski definition) is 2. The minimum absolute atomic E-state index is 0.0559. The lowest BCUT2D eigenvalue weighted by atomic mass is 10.1. The molecule has 0 aromatic heterocycles. The lowest BCUT2D eigenvalue weighted by Crippen LogP contribution is -2.35. The van der Waals surface area contributed by atoms with Crippen LogP contribution in [-0.2, 0) is 16.4 Å². The second kappa shape index (κ2) is 7.36. The van der Waals surface area contributed by atoms with Gasteiger partial charge in [0.05, 0.1) is 11.8 Å². The van der Waals surface area contributed by atoms with Gasteiger partial charge in [-0.25, -0.2) is 13.1 Å². The maximum absolute atomic E-state index is 12.2. The Labute approximate surface area is 126 Å². The molecule has 0 saturated carbocycles. The van der Waals surface area contributed by atoms with Crippen LogP contribution in [0.25, 0.3) is 0 Å². The highest BCUT2D eigenvalue weighted by atomic mass is 32.2. The molecular weight excluding hydrogens is 284 g/mol. The summed E-state index contributed by atoms with van der Waals surface area (Å²) < 4.78 is 27.0. The van der Waals surface area contributed by atoms with Gasteiger partial charge in [0, 0.05) is 6.54 Å². The number of aryl methyl sites for hydroxylation is 1.